The van der Waals surface area contributed by atoms with Gasteiger partial charge < -0.3 is 15.7 Å². The number of likely N-dealkylation sites (N-methyl/N-ethyl adjacent to an activating group) is 1. The third-order valence-corrected chi connectivity index (χ3v) is 2.08. The third kappa shape index (κ3) is 3.06. The number of nitrogen functional groups attached to an aromatic ring is 1. The van der Waals surface area contributed by atoms with Gasteiger partial charge in [-0.05, 0) is 20.8 Å². The molecule has 0 aliphatic rings. The van der Waals surface area contributed by atoms with Crippen molar-refractivity contribution in [2.24, 2.45) is 0 Å². The van der Waals surface area contributed by atoms with Crippen molar-refractivity contribution in [2.75, 3.05) is 24.2 Å². The maximum absolute atomic E-state index is 9.69. The van der Waals surface area contributed by atoms with Crippen LogP contribution in [0, 0.1) is 6.92 Å². The van der Waals surface area contributed by atoms with Crippen molar-refractivity contribution in [2.45, 2.75) is 26.4 Å². The van der Waals surface area contributed by atoms with E-state index in [-0.39, 0.29) is 0 Å². The van der Waals surface area contributed by atoms with Crippen LogP contribution >= 0.6 is 0 Å². The van der Waals surface area contributed by atoms with Gasteiger partial charge in [0.15, 0.2) is 0 Å². The summed E-state index contributed by atoms with van der Waals surface area (Å²) in [7, 11) is 1.87. The highest BCUT2D eigenvalue weighted by atomic mass is 16.3. The molecule has 0 amide bonds. The van der Waals surface area contributed by atoms with Gasteiger partial charge in [0.1, 0.15) is 18.0 Å². The predicted octanol–water partition coefficient (Wildman–Crippen LogP) is 0.574. The first-order valence-corrected chi connectivity index (χ1v) is 4.82. The Kier molecular flexibility index (Phi) is 3.14. The molecule has 0 radical (unpaired) electrons. The van der Waals surface area contributed by atoms with E-state index in [0.717, 1.165) is 11.4 Å². The summed E-state index contributed by atoms with van der Waals surface area (Å²) in [5.41, 5.74) is 5.76. The van der Waals surface area contributed by atoms with Crippen LogP contribution in [0.15, 0.2) is 6.33 Å². The second kappa shape index (κ2) is 4.02. The number of hydrogen-bond acceptors (Lipinski definition) is 5. The molecule has 1 aromatic rings. The smallest absolute Gasteiger partial charge is 0.136 e. The molecule has 1 aromatic heterocycles. The van der Waals surface area contributed by atoms with Crippen molar-refractivity contribution in [1.82, 2.24) is 9.97 Å². The van der Waals surface area contributed by atoms with Gasteiger partial charge in [-0.15, -0.1) is 0 Å². The van der Waals surface area contributed by atoms with Crippen LogP contribution in [0.4, 0.5) is 11.6 Å². The molecule has 0 spiro atoms. The summed E-state index contributed by atoms with van der Waals surface area (Å²) in [5.74, 6) is 1.23. The average molecular weight is 210 g/mol. The second-order valence-corrected chi connectivity index (χ2v) is 4.38. The van der Waals surface area contributed by atoms with Gasteiger partial charge in [0.2, 0.25) is 0 Å². The number of aromatic nitrogens is 2. The van der Waals surface area contributed by atoms with Crippen LogP contribution in [0.5, 0.6) is 0 Å². The summed E-state index contributed by atoms with van der Waals surface area (Å²) in [4.78, 5) is 9.91. The second-order valence-electron chi connectivity index (χ2n) is 4.38. The minimum absolute atomic E-state index is 0.475. The van der Waals surface area contributed by atoms with Crippen molar-refractivity contribution >= 4 is 11.6 Å². The molecule has 1 heterocycles. The van der Waals surface area contributed by atoms with Gasteiger partial charge in [-0.25, -0.2) is 9.97 Å². The van der Waals surface area contributed by atoms with Crippen molar-refractivity contribution in [3.8, 4) is 0 Å². The zero-order chi connectivity index (χ0) is 11.6. The molecular formula is C10H18N4O. The van der Waals surface area contributed by atoms with E-state index in [0.29, 0.717) is 12.4 Å². The molecule has 0 bridgehead atoms. The molecule has 0 fully saturated rings. The normalized spacial score (nSPS) is 11.5. The highest BCUT2D eigenvalue weighted by molar-refractivity contribution is 5.55. The lowest BCUT2D eigenvalue weighted by atomic mass is 10.1. The first-order valence-electron chi connectivity index (χ1n) is 4.82. The zero-order valence-corrected chi connectivity index (χ0v) is 9.65. The Morgan fingerprint density at radius 2 is 2.07 bits per heavy atom. The molecule has 0 aromatic carbocycles. The van der Waals surface area contributed by atoms with Crippen LogP contribution in [0.1, 0.15) is 19.4 Å². The zero-order valence-electron chi connectivity index (χ0n) is 9.65. The number of hydrogen-bond donors (Lipinski definition) is 2. The van der Waals surface area contributed by atoms with E-state index >= 15 is 0 Å². The molecule has 3 N–H and O–H groups in total. The molecule has 0 aliphatic heterocycles. The van der Waals surface area contributed by atoms with Gasteiger partial charge in [-0.3, -0.25) is 0 Å². The Hall–Kier alpha value is -1.36. The lowest BCUT2D eigenvalue weighted by Gasteiger charge is -2.27. The Morgan fingerprint density at radius 3 is 2.60 bits per heavy atom. The monoisotopic (exact) mass is 210 g/mol. The number of aliphatic hydroxyl groups is 1. The molecule has 5 nitrogen and oxygen atoms in total. The van der Waals surface area contributed by atoms with Crippen LogP contribution in [-0.4, -0.2) is 34.3 Å². The molecule has 0 atom stereocenters. The van der Waals surface area contributed by atoms with Gasteiger partial charge >= 0.3 is 0 Å². The van der Waals surface area contributed by atoms with E-state index in [4.69, 9.17) is 5.73 Å². The van der Waals surface area contributed by atoms with E-state index < -0.39 is 5.60 Å². The van der Waals surface area contributed by atoms with Crippen LogP contribution in [-0.2, 0) is 0 Å². The van der Waals surface area contributed by atoms with Crippen molar-refractivity contribution in [3.05, 3.63) is 11.9 Å². The standard InChI is InChI=1S/C10H18N4O/c1-7-8(11)12-6-13-9(7)14(4)5-10(2,3)15/h6,15H,5H2,1-4H3,(H2,11,12,13). The first kappa shape index (κ1) is 11.7. The number of anilines is 2. The number of nitrogens with zero attached hydrogens (tertiary/aromatic N) is 3. The van der Waals surface area contributed by atoms with E-state index in [1.54, 1.807) is 13.8 Å². The molecule has 0 saturated carbocycles. The van der Waals surface area contributed by atoms with E-state index in [1.165, 1.54) is 6.33 Å². The van der Waals surface area contributed by atoms with Crippen LogP contribution < -0.4 is 10.6 Å². The highest BCUT2D eigenvalue weighted by Gasteiger charge is 2.18. The molecule has 0 saturated heterocycles. The van der Waals surface area contributed by atoms with Gasteiger partial charge in [0, 0.05) is 19.2 Å². The molecular weight excluding hydrogens is 192 g/mol. The molecule has 5 heteroatoms. The minimum Gasteiger partial charge on any atom is -0.389 e. The lowest BCUT2D eigenvalue weighted by Crippen LogP contribution is -2.37. The Morgan fingerprint density at radius 1 is 1.47 bits per heavy atom. The first-order chi connectivity index (χ1) is 6.81. The summed E-state index contributed by atoms with van der Waals surface area (Å²) >= 11 is 0. The highest BCUT2D eigenvalue weighted by Crippen LogP contribution is 2.20. The fourth-order valence-corrected chi connectivity index (χ4v) is 1.49. The van der Waals surface area contributed by atoms with Crippen molar-refractivity contribution in [3.63, 3.8) is 0 Å². The molecule has 0 unspecified atom stereocenters. The van der Waals surface area contributed by atoms with Crippen molar-refractivity contribution < 1.29 is 5.11 Å². The Labute approximate surface area is 90.0 Å². The summed E-state index contributed by atoms with van der Waals surface area (Å²) in [5, 5.41) is 9.69. The van der Waals surface area contributed by atoms with E-state index in [2.05, 4.69) is 9.97 Å². The van der Waals surface area contributed by atoms with E-state index in [1.807, 2.05) is 18.9 Å². The maximum atomic E-state index is 9.69. The van der Waals surface area contributed by atoms with Crippen LogP contribution in [0.3, 0.4) is 0 Å². The van der Waals surface area contributed by atoms with Gasteiger partial charge in [-0.1, -0.05) is 0 Å². The molecule has 0 aliphatic carbocycles. The SMILES string of the molecule is Cc1c(N)ncnc1N(C)CC(C)(C)O. The molecule has 15 heavy (non-hydrogen) atoms. The lowest BCUT2D eigenvalue weighted by molar-refractivity contribution is 0.0884. The Balaban J connectivity index is 2.92. The number of nitrogens with two attached hydrogens (primary N) is 1. The summed E-state index contributed by atoms with van der Waals surface area (Å²) in [6, 6.07) is 0. The quantitative estimate of drug-likeness (QED) is 0.763. The van der Waals surface area contributed by atoms with Crippen LogP contribution in [0.2, 0.25) is 0 Å². The average Bonchev–Trinajstić information content (AvgIpc) is 2.06. The Bertz CT molecular complexity index is 346. The maximum Gasteiger partial charge on any atom is 0.136 e. The topological polar surface area (TPSA) is 75.3 Å². The van der Waals surface area contributed by atoms with Gasteiger partial charge in [0.05, 0.1) is 5.60 Å². The third-order valence-electron chi connectivity index (χ3n) is 2.08. The van der Waals surface area contributed by atoms with E-state index in [9.17, 15) is 5.11 Å². The minimum atomic E-state index is -0.763. The molecule has 1 rings (SSSR count). The fourth-order valence-electron chi connectivity index (χ4n) is 1.49. The number of rotatable bonds is 3. The predicted molar refractivity (Wildman–Crippen MR) is 60.7 cm³/mol. The van der Waals surface area contributed by atoms with Gasteiger partial charge in [0.25, 0.3) is 0 Å². The fraction of sp³-hybridized carbons (Fsp3) is 0.600. The summed E-state index contributed by atoms with van der Waals surface area (Å²) in [6.45, 7) is 5.86. The summed E-state index contributed by atoms with van der Waals surface area (Å²) < 4.78 is 0. The van der Waals surface area contributed by atoms with Gasteiger partial charge in [-0.2, -0.15) is 0 Å². The largest absolute Gasteiger partial charge is 0.389 e. The van der Waals surface area contributed by atoms with Crippen molar-refractivity contribution in [1.29, 1.82) is 0 Å². The van der Waals surface area contributed by atoms with Crippen LogP contribution in [0.25, 0.3) is 0 Å². The summed E-state index contributed by atoms with van der Waals surface area (Å²) in [6.07, 6.45) is 1.43. The molecule has 84 valence electrons.